The summed E-state index contributed by atoms with van der Waals surface area (Å²) in [5.74, 6) is 1.37. The maximum absolute atomic E-state index is 10.8. The summed E-state index contributed by atoms with van der Waals surface area (Å²) < 4.78 is 11.4. The molecular formula is C12H17ClN2O3. The first kappa shape index (κ1) is 14.6. The van der Waals surface area contributed by atoms with E-state index < -0.39 is 0 Å². The summed E-state index contributed by atoms with van der Waals surface area (Å²) >= 11 is 0. The van der Waals surface area contributed by atoms with Crippen LogP contribution in [0, 0.1) is 0 Å². The number of rotatable bonds is 3. The molecule has 0 bridgehead atoms. The summed E-state index contributed by atoms with van der Waals surface area (Å²) in [6.45, 7) is 3.84. The molecule has 1 aliphatic rings. The molecule has 0 aromatic heterocycles. The Morgan fingerprint density at radius 1 is 1.39 bits per heavy atom. The zero-order chi connectivity index (χ0) is 12.3. The van der Waals surface area contributed by atoms with Gasteiger partial charge in [0.05, 0.1) is 6.04 Å². The highest BCUT2D eigenvalue weighted by Crippen LogP contribution is 2.31. The average molecular weight is 273 g/mol. The smallest absolute Gasteiger partial charge is 0.230 e. The first-order chi connectivity index (χ1) is 8.16. The highest BCUT2D eigenvalue weighted by Gasteiger charge is 2.25. The second kappa shape index (κ2) is 6.47. The minimum absolute atomic E-state index is 0. The number of carbonyl (C=O) groups excluding carboxylic acids is 1. The number of carbonyl (C=O) groups is 1. The highest BCUT2D eigenvalue weighted by molar-refractivity contribution is 5.85. The molecule has 1 aromatic carbocycles. The van der Waals surface area contributed by atoms with Crippen molar-refractivity contribution in [2.45, 2.75) is 26.0 Å². The zero-order valence-electron chi connectivity index (χ0n) is 10.3. The number of para-hydroxylation sites is 2. The lowest BCUT2D eigenvalue weighted by Crippen LogP contribution is -2.52. The SMILES string of the molecule is CC(=O)NNC(C)C1COc2ccccc2O1.Cl. The van der Waals surface area contributed by atoms with Crippen molar-refractivity contribution in [2.24, 2.45) is 0 Å². The fourth-order valence-corrected chi connectivity index (χ4v) is 1.59. The van der Waals surface area contributed by atoms with Crippen molar-refractivity contribution in [2.75, 3.05) is 6.61 Å². The molecule has 2 rings (SSSR count). The lowest BCUT2D eigenvalue weighted by atomic mass is 10.2. The van der Waals surface area contributed by atoms with Crippen LogP contribution in [0.2, 0.25) is 0 Å². The van der Waals surface area contributed by atoms with Crippen LogP contribution in [0.5, 0.6) is 11.5 Å². The lowest BCUT2D eigenvalue weighted by Gasteiger charge is -2.30. The molecule has 2 atom stereocenters. The Kier molecular flexibility index (Phi) is 5.25. The maximum atomic E-state index is 10.8. The minimum atomic E-state index is -0.131. The number of fused-ring (bicyclic) bond motifs is 1. The van der Waals surface area contributed by atoms with Gasteiger partial charge in [-0.25, -0.2) is 5.43 Å². The second-order valence-corrected chi connectivity index (χ2v) is 4.03. The normalized spacial score (nSPS) is 18.4. The van der Waals surface area contributed by atoms with E-state index in [1.165, 1.54) is 6.92 Å². The van der Waals surface area contributed by atoms with Crippen LogP contribution in [-0.2, 0) is 4.79 Å². The Morgan fingerprint density at radius 3 is 2.72 bits per heavy atom. The van der Waals surface area contributed by atoms with E-state index in [2.05, 4.69) is 10.9 Å². The molecule has 0 saturated carbocycles. The fourth-order valence-electron chi connectivity index (χ4n) is 1.59. The van der Waals surface area contributed by atoms with Gasteiger partial charge in [-0.15, -0.1) is 12.4 Å². The van der Waals surface area contributed by atoms with E-state index >= 15 is 0 Å². The second-order valence-electron chi connectivity index (χ2n) is 4.03. The van der Waals surface area contributed by atoms with Crippen LogP contribution in [0.3, 0.4) is 0 Å². The maximum Gasteiger partial charge on any atom is 0.230 e. The zero-order valence-corrected chi connectivity index (χ0v) is 11.1. The molecule has 0 fully saturated rings. The van der Waals surface area contributed by atoms with Crippen molar-refractivity contribution in [3.63, 3.8) is 0 Å². The van der Waals surface area contributed by atoms with Gasteiger partial charge in [-0.3, -0.25) is 10.2 Å². The number of hydrogen-bond donors (Lipinski definition) is 2. The molecule has 0 radical (unpaired) electrons. The van der Waals surface area contributed by atoms with Gasteiger partial charge in [0.2, 0.25) is 5.91 Å². The predicted molar refractivity (Wildman–Crippen MR) is 70.0 cm³/mol. The molecule has 100 valence electrons. The first-order valence-corrected chi connectivity index (χ1v) is 5.57. The van der Waals surface area contributed by atoms with Crippen molar-refractivity contribution >= 4 is 18.3 Å². The Hall–Kier alpha value is -1.46. The van der Waals surface area contributed by atoms with Gasteiger partial charge in [-0.05, 0) is 19.1 Å². The molecule has 0 saturated heterocycles. The molecule has 0 spiro atoms. The topological polar surface area (TPSA) is 59.6 Å². The van der Waals surface area contributed by atoms with Gasteiger partial charge in [0.25, 0.3) is 0 Å². The monoisotopic (exact) mass is 272 g/mol. The number of halogens is 1. The third-order valence-electron chi connectivity index (χ3n) is 2.56. The van der Waals surface area contributed by atoms with Crippen LogP contribution < -0.4 is 20.3 Å². The van der Waals surface area contributed by atoms with E-state index in [1.54, 1.807) is 0 Å². The summed E-state index contributed by atoms with van der Waals surface area (Å²) in [4.78, 5) is 10.8. The van der Waals surface area contributed by atoms with Gasteiger partial charge in [0, 0.05) is 6.92 Å². The van der Waals surface area contributed by atoms with E-state index in [9.17, 15) is 4.79 Å². The molecule has 6 heteroatoms. The molecule has 1 aliphatic heterocycles. The molecule has 1 aromatic rings. The van der Waals surface area contributed by atoms with Crippen molar-refractivity contribution in [1.29, 1.82) is 0 Å². The van der Waals surface area contributed by atoms with Crippen molar-refractivity contribution in [1.82, 2.24) is 10.9 Å². The van der Waals surface area contributed by atoms with Crippen molar-refractivity contribution in [3.8, 4) is 11.5 Å². The van der Waals surface area contributed by atoms with Gasteiger partial charge >= 0.3 is 0 Å². The Morgan fingerprint density at radius 2 is 2.06 bits per heavy atom. The minimum Gasteiger partial charge on any atom is -0.486 e. The summed E-state index contributed by atoms with van der Waals surface area (Å²) in [5, 5.41) is 0. The van der Waals surface area contributed by atoms with Gasteiger partial charge < -0.3 is 9.47 Å². The van der Waals surface area contributed by atoms with E-state index in [0.717, 1.165) is 11.5 Å². The summed E-state index contributed by atoms with van der Waals surface area (Å²) in [6.07, 6.45) is -0.128. The van der Waals surface area contributed by atoms with Crippen LogP contribution in [0.25, 0.3) is 0 Å². The number of amides is 1. The molecule has 2 N–H and O–H groups in total. The molecule has 18 heavy (non-hydrogen) atoms. The molecule has 2 unspecified atom stereocenters. The van der Waals surface area contributed by atoms with E-state index in [0.29, 0.717) is 6.61 Å². The van der Waals surface area contributed by atoms with Crippen LogP contribution in [0.15, 0.2) is 24.3 Å². The third-order valence-corrected chi connectivity index (χ3v) is 2.56. The summed E-state index contributed by atoms with van der Waals surface area (Å²) in [7, 11) is 0. The number of hydrogen-bond acceptors (Lipinski definition) is 4. The number of ether oxygens (including phenoxy) is 2. The standard InChI is InChI=1S/C12H16N2O3.ClH/c1-8(13-14-9(2)15)12-7-16-10-5-3-4-6-11(10)17-12;/h3-6,8,12-13H,7H2,1-2H3,(H,14,15);1H. The number of hydrazine groups is 1. The van der Waals surface area contributed by atoms with Gasteiger partial charge in [-0.1, -0.05) is 12.1 Å². The molecule has 1 amide bonds. The third kappa shape index (κ3) is 3.51. The van der Waals surface area contributed by atoms with Gasteiger partial charge in [0.1, 0.15) is 12.7 Å². The molecular weight excluding hydrogens is 256 g/mol. The molecule has 0 aliphatic carbocycles. The Balaban J connectivity index is 0.00000162. The van der Waals surface area contributed by atoms with Crippen LogP contribution in [0.4, 0.5) is 0 Å². The quantitative estimate of drug-likeness (QED) is 0.814. The molecule has 1 heterocycles. The Bertz CT molecular complexity index is 414. The fraction of sp³-hybridized carbons (Fsp3) is 0.417. The van der Waals surface area contributed by atoms with E-state index in [4.69, 9.17) is 9.47 Å². The van der Waals surface area contributed by atoms with E-state index in [1.807, 2.05) is 31.2 Å². The van der Waals surface area contributed by atoms with Gasteiger partial charge in [0.15, 0.2) is 11.5 Å². The van der Waals surface area contributed by atoms with Crippen LogP contribution in [0.1, 0.15) is 13.8 Å². The van der Waals surface area contributed by atoms with Crippen molar-refractivity contribution in [3.05, 3.63) is 24.3 Å². The Labute approximate surface area is 112 Å². The highest BCUT2D eigenvalue weighted by atomic mass is 35.5. The van der Waals surface area contributed by atoms with Gasteiger partial charge in [-0.2, -0.15) is 0 Å². The predicted octanol–water partition coefficient (Wildman–Crippen LogP) is 1.28. The largest absolute Gasteiger partial charge is 0.486 e. The van der Waals surface area contributed by atoms with Crippen LogP contribution >= 0.6 is 12.4 Å². The van der Waals surface area contributed by atoms with Crippen LogP contribution in [-0.4, -0.2) is 24.7 Å². The number of nitrogens with one attached hydrogen (secondary N) is 2. The lowest BCUT2D eigenvalue weighted by molar-refractivity contribution is -0.120. The average Bonchev–Trinajstić information content (AvgIpc) is 2.35. The summed E-state index contributed by atoms with van der Waals surface area (Å²) in [6, 6.07) is 7.51. The van der Waals surface area contributed by atoms with E-state index in [-0.39, 0.29) is 30.5 Å². The van der Waals surface area contributed by atoms with Crippen molar-refractivity contribution < 1.29 is 14.3 Å². The summed E-state index contributed by atoms with van der Waals surface area (Å²) in [5.41, 5.74) is 5.42. The first-order valence-electron chi connectivity index (χ1n) is 5.57. The molecule has 5 nitrogen and oxygen atoms in total. The number of benzene rings is 1.